The van der Waals surface area contributed by atoms with E-state index in [1.807, 2.05) is 0 Å². The quantitative estimate of drug-likeness (QED) is 0.604. The van der Waals surface area contributed by atoms with E-state index in [0.717, 1.165) is 0 Å². The summed E-state index contributed by atoms with van der Waals surface area (Å²) < 4.78 is 26.4. The van der Waals surface area contributed by atoms with Gasteiger partial charge >= 0.3 is 0 Å². The van der Waals surface area contributed by atoms with Gasteiger partial charge in [-0.2, -0.15) is 0 Å². The zero-order valence-corrected chi connectivity index (χ0v) is 14.9. The Morgan fingerprint density at radius 2 is 0.960 bits per heavy atom. The second-order valence-electron chi connectivity index (χ2n) is 5.77. The molecule has 9 heteroatoms. The van der Waals surface area contributed by atoms with Crippen molar-refractivity contribution >= 4 is 21.2 Å². The summed E-state index contributed by atoms with van der Waals surface area (Å²) in [5, 5.41) is 22.9. The van der Waals surface area contributed by atoms with Crippen molar-refractivity contribution in [1.29, 1.82) is 0 Å². The van der Waals surface area contributed by atoms with Crippen LogP contribution in [-0.2, 0) is 9.84 Å². The Bertz CT molecular complexity index is 936. The van der Waals surface area contributed by atoms with Crippen molar-refractivity contribution in [1.82, 2.24) is 0 Å². The van der Waals surface area contributed by atoms with Gasteiger partial charge in [0.1, 0.15) is 0 Å². The molecule has 0 radical (unpaired) electrons. The summed E-state index contributed by atoms with van der Waals surface area (Å²) in [6.45, 7) is 5.70. The van der Waals surface area contributed by atoms with Gasteiger partial charge in [-0.3, -0.25) is 20.2 Å². The normalized spacial score (nSPS) is 11.4. The van der Waals surface area contributed by atoms with Gasteiger partial charge in [-0.15, -0.1) is 0 Å². The van der Waals surface area contributed by atoms with Gasteiger partial charge in [0.15, 0.2) is 9.79 Å². The van der Waals surface area contributed by atoms with Gasteiger partial charge in [0.25, 0.3) is 11.4 Å². The lowest BCUT2D eigenvalue weighted by molar-refractivity contribution is -0.389. The zero-order chi connectivity index (χ0) is 19.1. The van der Waals surface area contributed by atoms with Crippen molar-refractivity contribution in [2.75, 3.05) is 0 Å². The van der Waals surface area contributed by atoms with Crippen LogP contribution in [0.1, 0.15) is 22.3 Å². The Kier molecular flexibility index (Phi) is 4.63. The van der Waals surface area contributed by atoms with Crippen molar-refractivity contribution in [3.63, 3.8) is 0 Å². The van der Waals surface area contributed by atoms with Gasteiger partial charge in [-0.05, 0) is 38.8 Å². The SMILES string of the molecule is Cc1ccc(C)c(S(=O)(=O)c2c(C)ccc(C)c2[N+](=O)[O-])c1[N+](=O)[O-]. The summed E-state index contributed by atoms with van der Waals surface area (Å²) in [6.07, 6.45) is 0. The summed E-state index contributed by atoms with van der Waals surface area (Å²) in [7, 11) is -4.48. The molecule has 0 heterocycles. The average molecular weight is 364 g/mol. The Hall–Kier alpha value is -2.81. The third kappa shape index (κ3) is 2.98. The highest BCUT2D eigenvalue weighted by Gasteiger charge is 2.37. The number of sulfone groups is 1. The first-order valence-corrected chi connectivity index (χ1v) is 8.72. The molecular weight excluding hydrogens is 348 g/mol. The van der Waals surface area contributed by atoms with Crippen LogP contribution in [0.2, 0.25) is 0 Å². The highest BCUT2D eigenvalue weighted by Crippen LogP contribution is 2.40. The van der Waals surface area contributed by atoms with Gasteiger partial charge in [0.2, 0.25) is 9.84 Å². The molecule has 0 atom stereocenters. The molecule has 0 saturated carbocycles. The molecule has 0 N–H and O–H groups in total. The minimum absolute atomic E-state index is 0.160. The predicted octanol–water partition coefficient (Wildman–Crippen LogP) is 3.57. The molecule has 0 amide bonds. The van der Waals surface area contributed by atoms with E-state index in [4.69, 9.17) is 0 Å². The monoisotopic (exact) mass is 364 g/mol. The first-order valence-electron chi connectivity index (χ1n) is 7.24. The maximum absolute atomic E-state index is 13.2. The summed E-state index contributed by atoms with van der Waals surface area (Å²) in [5.41, 5.74) is -0.463. The molecule has 25 heavy (non-hydrogen) atoms. The number of nitro groups is 2. The minimum atomic E-state index is -4.48. The van der Waals surface area contributed by atoms with Crippen LogP contribution in [0.25, 0.3) is 0 Å². The van der Waals surface area contributed by atoms with Crippen LogP contribution in [0, 0.1) is 47.9 Å². The van der Waals surface area contributed by atoms with E-state index in [1.165, 1.54) is 52.0 Å². The van der Waals surface area contributed by atoms with Crippen molar-refractivity contribution in [3.05, 3.63) is 66.7 Å². The molecule has 0 aromatic heterocycles. The van der Waals surface area contributed by atoms with Gasteiger partial charge in [0.05, 0.1) is 9.85 Å². The lowest BCUT2D eigenvalue weighted by Crippen LogP contribution is -2.13. The number of rotatable bonds is 4. The second-order valence-corrected chi connectivity index (χ2v) is 7.60. The molecule has 0 bridgehead atoms. The standard InChI is InChI=1S/C16H16N2O6S/c1-9-5-7-11(3)15(13(9)17(19)20)25(23,24)16-12(4)8-6-10(2)14(16)18(21)22/h5-8H,1-4H3. The maximum atomic E-state index is 13.2. The third-order valence-corrected chi connectivity index (χ3v) is 6.07. The van der Waals surface area contributed by atoms with E-state index >= 15 is 0 Å². The molecule has 132 valence electrons. The van der Waals surface area contributed by atoms with Crippen LogP contribution >= 0.6 is 0 Å². The van der Waals surface area contributed by atoms with E-state index in [-0.39, 0.29) is 22.3 Å². The molecule has 0 unspecified atom stereocenters. The van der Waals surface area contributed by atoms with Crippen molar-refractivity contribution < 1.29 is 18.3 Å². The van der Waals surface area contributed by atoms with E-state index in [2.05, 4.69) is 0 Å². The van der Waals surface area contributed by atoms with Crippen LogP contribution in [0.5, 0.6) is 0 Å². The van der Waals surface area contributed by atoms with Crippen LogP contribution in [0.4, 0.5) is 11.4 Å². The summed E-state index contributed by atoms with van der Waals surface area (Å²) in [4.78, 5) is 20.3. The van der Waals surface area contributed by atoms with Crippen LogP contribution in [0.3, 0.4) is 0 Å². The number of hydrogen-bond donors (Lipinski definition) is 0. The van der Waals surface area contributed by atoms with E-state index in [0.29, 0.717) is 0 Å². The Labute approximate surface area is 144 Å². The van der Waals surface area contributed by atoms with Crippen molar-refractivity contribution in [2.45, 2.75) is 37.5 Å². The van der Waals surface area contributed by atoms with Gasteiger partial charge in [-0.1, -0.05) is 24.3 Å². The lowest BCUT2D eigenvalue weighted by Gasteiger charge is -2.13. The Morgan fingerprint density at radius 3 is 1.24 bits per heavy atom. The topological polar surface area (TPSA) is 120 Å². The molecule has 0 saturated heterocycles. The number of aryl methyl sites for hydroxylation is 4. The van der Waals surface area contributed by atoms with E-state index in [1.54, 1.807) is 0 Å². The average Bonchev–Trinajstić information content (AvgIpc) is 2.50. The van der Waals surface area contributed by atoms with Crippen LogP contribution < -0.4 is 0 Å². The highest BCUT2D eigenvalue weighted by atomic mass is 32.2. The molecule has 0 aliphatic rings. The molecule has 8 nitrogen and oxygen atoms in total. The predicted molar refractivity (Wildman–Crippen MR) is 90.6 cm³/mol. The van der Waals surface area contributed by atoms with Gasteiger partial charge in [0, 0.05) is 11.1 Å². The largest absolute Gasteiger partial charge is 0.291 e. The molecule has 0 spiro atoms. The van der Waals surface area contributed by atoms with Crippen molar-refractivity contribution in [2.24, 2.45) is 0 Å². The summed E-state index contributed by atoms with van der Waals surface area (Å²) >= 11 is 0. The molecule has 2 aromatic rings. The molecular formula is C16H16N2O6S. The Balaban J connectivity index is 3.02. The highest BCUT2D eigenvalue weighted by molar-refractivity contribution is 7.92. The number of nitrogens with zero attached hydrogens (tertiary/aromatic N) is 2. The molecule has 2 aromatic carbocycles. The van der Waals surface area contributed by atoms with E-state index < -0.39 is 40.8 Å². The first-order chi connectivity index (χ1) is 11.5. The second kappa shape index (κ2) is 6.25. The fourth-order valence-electron chi connectivity index (χ4n) is 2.78. The number of nitro benzene ring substituents is 2. The summed E-state index contributed by atoms with van der Waals surface area (Å²) in [5.74, 6) is 0. The summed E-state index contributed by atoms with van der Waals surface area (Å²) in [6, 6.07) is 5.80. The van der Waals surface area contributed by atoms with Crippen molar-refractivity contribution in [3.8, 4) is 0 Å². The van der Waals surface area contributed by atoms with Crippen LogP contribution in [0.15, 0.2) is 34.1 Å². The fourth-order valence-corrected chi connectivity index (χ4v) is 4.94. The molecule has 0 fully saturated rings. The minimum Gasteiger partial charge on any atom is -0.258 e. The Morgan fingerprint density at radius 1 is 0.680 bits per heavy atom. The van der Waals surface area contributed by atoms with E-state index in [9.17, 15) is 28.6 Å². The molecule has 0 aliphatic carbocycles. The van der Waals surface area contributed by atoms with Gasteiger partial charge < -0.3 is 0 Å². The molecule has 0 aliphatic heterocycles. The smallest absolute Gasteiger partial charge is 0.258 e. The van der Waals surface area contributed by atoms with Gasteiger partial charge in [-0.25, -0.2) is 8.42 Å². The zero-order valence-electron chi connectivity index (χ0n) is 14.1. The molecule has 2 rings (SSSR count). The first kappa shape index (κ1) is 18.5. The number of hydrogen-bond acceptors (Lipinski definition) is 6. The lowest BCUT2D eigenvalue weighted by atomic mass is 10.1. The number of benzene rings is 2. The van der Waals surface area contributed by atoms with Crippen LogP contribution in [-0.4, -0.2) is 18.3 Å². The maximum Gasteiger partial charge on any atom is 0.291 e. The fraction of sp³-hybridized carbons (Fsp3) is 0.250. The third-order valence-electron chi connectivity index (χ3n) is 3.96.